The number of ether oxygens (including phenoxy) is 1. The van der Waals surface area contributed by atoms with Crippen LogP contribution >= 0.6 is 0 Å². The van der Waals surface area contributed by atoms with Crippen LogP contribution in [0.5, 0.6) is 0 Å². The summed E-state index contributed by atoms with van der Waals surface area (Å²) < 4.78 is 12.7. The Bertz CT molecular complexity index is 511. The Morgan fingerprint density at radius 3 is 2.17 bits per heavy atom. The highest BCUT2D eigenvalue weighted by atomic mass is 16.5. The van der Waals surface area contributed by atoms with Gasteiger partial charge in [0, 0.05) is 0 Å². The van der Waals surface area contributed by atoms with Gasteiger partial charge in [0.05, 0.1) is 18.6 Å². The van der Waals surface area contributed by atoms with Gasteiger partial charge in [0.15, 0.2) is 12.7 Å². The van der Waals surface area contributed by atoms with Crippen molar-refractivity contribution < 1.29 is 30.4 Å². The van der Waals surface area contributed by atoms with Gasteiger partial charge in [-0.1, -0.05) is 6.92 Å². The van der Waals surface area contributed by atoms with Crippen molar-refractivity contribution in [2.45, 2.75) is 64.3 Å². The van der Waals surface area contributed by atoms with Crippen LogP contribution in [0.1, 0.15) is 40.5 Å². The third-order valence-corrected chi connectivity index (χ3v) is 3.05. The van der Waals surface area contributed by atoms with Crippen molar-refractivity contribution in [3.05, 3.63) is 0 Å². The SMILES string of the molecule is [2H]N(C(=O)[C@@H](C)N)[C@@H](CC(=O)O)C(=O)C(N)(CC)C(=O)OC(C)C. The fourth-order valence-electron chi connectivity index (χ4n) is 1.67. The molecule has 0 aromatic rings. The van der Waals surface area contributed by atoms with Crippen molar-refractivity contribution in [1.82, 2.24) is 5.31 Å². The zero-order chi connectivity index (χ0) is 19.2. The van der Waals surface area contributed by atoms with Crippen molar-refractivity contribution in [2.24, 2.45) is 11.5 Å². The van der Waals surface area contributed by atoms with Gasteiger partial charge >= 0.3 is 11.9 Å². The Balaban J connectivity index is 5.74. The normalized spacial score (nSPS) is 16.7. The molecule has 23 heavy (non-hydrogen) atoms. The van der Waals surface area contributed by atoms with Gasteiger partial charge in [-0.2, -0.15) is 0 Å². The van der Waals surface area contributed by atoms with Crippen LogP contribution in [0.2, 0.25) is 1.41 Å². The number of rotatable bonds is 9. The summed E-state index contributed by atoms with van der Waals surface area (Å²) >= 11 is 0. The van der Waals surface area contributed by atoms with Gasteiger partial charge in [-0.15, -0.1) is 0 Å². The average molecular weight is 332 g/mol. The lowest BCUT2D eigenvalue weighted by atomic mass is 9.86. The molecule has 132 valence electrons. The number of esters is 1. The Labute approximate surface area is 136 Å². The molecular formula is C14H25N3O6. The first-order chi connectivity index (χ1) is 10.9. The van der Waals surface area contributed by atoms with Gasteiger partial charge in [-0.25, -0.2) is 4.79 Å². The maximum absolute atomic E-state index is 12.7. The lowest BCUT2D eigenvalue weighted by Crippen LogP contribution is -2.63. The first-order valence-corrected chi connectivity index (χ1v) is 7.22. The number of carboxylic acid groups (broad SMARTS) is 1. The molecule has 0 aromatic heterocycles. The number of amides is 1. The van der Waals surface area contributed by atoms with E-state index < -0.39 is 53.8 Å². The van der Waals surface area contributed by atoms with E-state index in [1.54, 1.807) is 13.8 Å². The quantitative estimate of drug-likeness (QED) is 0.306. The van der Waals surface area contributed by atoms with Gasteiger partial charge in [0.1, 0.15) is 6.04 Å². The van der Waals surface area contributed by atoms with Crippen LogP contribution in [0.4, 0.5) is 0 Å². The summed E-state index contributed by atoms with van der Waals surface area (Å²) in [5, 5.41) is 9.13. The number of hydrogen-bond acceptors (Lipinski definition) is 7. The molecule has 6 N–H and O–H groups in total. The summed E-state index contributed by atoms with van der Waals surface area (Å²) in [6, 6.07) is -2.88. The van der Waals surface area contributed by atoms with E-state index in [0.29, 0.717) is 0 Å². The number of nitrogens with one attached hydrogen (secondary N) is 1. The first kappa shape index (κ1) is 19.0. The van der Waals surface area contributed by atoms with Crippen LogP contribution in [-0.2, 0) is 23.9 Å². The molecule has 0 radical (unpaired) electrons. The summed E-state index contributed by atoms with van der Waals surface area (Å²) in [5.74, 6) is -4.52. The van der Waals surface area contributed by atoms with Gasteiger partial charge in [-0.3, -0.25) is 14.4 Å². The van der Waals surface area contributed by atoms with Crippen molar-refractivity contribution in [3.8, 4) is 0 Å². The van der Waals surface area contributed by atoms with Crippen molar-refractivity contribution in [3.63, 3.8) is 0 Å². The second-order valence-corrected chi connectivity index (χ2v) is 5.51. The molecule has 0 aromatic carbocycles. The van der Waals surface area contributed by atoms with Crippen LogP contribution in [-0.4, -0.2) is 52.5 Å². The Kier molecular flexibility index (Phi) is 7.11. The molecule has 0 aliphatic heterocycles. The van der Waals surface area contributed by atoms with Crippen molar-refractivity contribution >= 4 is 23.6 Å². The number of carbonyl (C=O) groups is 4. The fraction of sp³-hybridized carbons (Fsp3) is 0.714. The third-order valence-electron chi connectivity index (χ3n) is 3.05. The maximum atomic E-state index is 12.7. The van der Waals surface area contributed by atoms with E-state index in [0.717, 1.165) is 0 Å². The van der Waals surface area contributed by atoms with E-state index >= 15 is 0 Å². The highest BCUT2D eigenvalue weighted by Gasteiger charge is 2.46. The third kappa shape index (κ3) is 5.95. The van der Waals surface area contributed by atoms with Gasteiger partial charge in [0.25, 0.3) is 0 Å². The molecular weight excluding hydrogens is 306 g/mol. The zero-order valence-corrected chi connectivity index (χ0v) is 13.7. The minimum Gasteiger partial charge on any atom is -0.481 e. The van der Waals surface area contributed by atoms with Crippen LogP contribution in [0, 0.1) is 0 Å². The summed E-state index contributed by atoms with van der Waals surface area (Å²) in [4.78, 5) is 47.7. The zero-order valence-electron chi connectivity index (χ0n) is 14.7. The van der Waals surface area contributed by atoms with Gasteiger partial charge in [0.2, 0.25) is 5.91 Å². The predicted octanol–water partition coefficient (Wildman–Crippen LogP) is -1.08. The Morgan fingerprint density at radius 1 is 1.30 bits per heavy atom. The molecule has 1 amide bonds. The standard InChI is InChI=1S/C14H25N3O6/c1-5-14(16,13(22)23-7(2)3)11(20)9(6-10(18)19)17-12(21)8(4)15/h7-9H,5-6,15-16H2,1-4H3,(H,17,21)(H,18,19)/t8-,9+,14?/m1/s1/i/hD. The number of hydrogen-bond donors (Lipinski definition) is 4. The van der Waals surface area contributed by atoms with Crippen molar-refractivity contribution in [1.29, 1.82) is 0 Å². The number of aliphatic carboxylic acids is 1. The predicted molar refractivity (Wildman–Crippen MR) is 81.3 cm³/mol. The molecule has 0 fully saturated rings. The second-order valence-electron chi connectivity index (χ2n) is 5.51. The molecule has 0 bridgehead atoms. The van der Waals surface area contributed by atoms with Crippen LogP contribution < -0.4 is 16.8 Å². The van der Waals surface area contributed by atoms with E-state index in [-0.39, 0.29) is 11.7 Å². The number of Topliss-reactive ketones (excluding diaryl/α,β-unsaturated/α-hetero) is 1. The molecule has 0 aliphatic carbocycles. The van der Waals surface area contributed by atoms with E-state index in [9.17, 15) is 19.2 Å². The molecule has 0 spiro atoms. The Morgan fingerprint density at radius 2 is 1.83 bits per heavy atom. The van der Waals surface area contributed by atoms with E-state index in [4.69, 9.17) is 22.7 Å². The smallest absolute Gasteiger partial charge is 0.334 e. The Hall–Kier alpha value is -2.00. The first-order valence-electron chi connectivity index (χ1n) is 7.66. The number of carboxylic acids is 1. The number of carbonyl (C=O) groups excluding carboxylic acids is 3. The summed E-state index contributed by atoms with van der Waals surface area (Å²) in [7, 11) is 0. The molecule has 0 aliphatic rings. The summed E-state index contributed by atoms with van der Waals surface area (Å²) in [6.07, 6.45) is -1.61. The largest absolute Gasteiger partial charge is 0.481 e. The van der Waals surface area contributed by atoms with E-state index in [1.165, 1.54) is 13.8 Å². The molecule has 0 saturated heterocycles. The van der Waals surface area contributed by atoms with E-state index in [1.807, 2.05) is 0 Å². The minimum absolute atomic E-state index is 0.168. The fourth-order valence-corrected chi connectivity index (χ4v) is 1.67. The molecule has 9 nitrogen and oxygen atoms in total. The molecule has 0 rings (SSSR count). The topological polar surface area (TPSA) is 162 Å². The summed E-state index contributed by atoms with van der Waals surface area (Å²) in [6.45, 7) is 5.85. The van der Waals surface area contributed by atoms with Gasteiger partial charge in [-0.05, 0) is 27.2 Å². The number of ketones is 1. The highest BCUT2D eigenvalue weighted by molar-refractivity contribution is 6.12. The van der Waals surface area contributed by atoms with Crippen molar-refractivity contribution in [2.75, 3.05) is 0 Å². The summed E-state index contributed by atoms with van der Waals surface area (Å²) in [5.41, 5.74) is 9.07. The average Bonchev–Trinajstić information content (AvgIpc) is 2.48. The molecule has 3 atom stereocenters. The lowest BCUT2D eigenvalue weighted by Gasteiger charge is -2.29. The maximum Gasteiger partial charge on any atom is 0.334 e. The van der Waals surface area contributed by atoms with Crippen LogP contribution in [0.3, 0.4) is 0 Å². The van der Waals surface area contributed by atoms with E-state index in [2.05, 4.69) is 0 Å². The lowest BCUT2D eigenvalue weighted by molar-refractivity contribution is -0.159. The minimum atomic E-state index is -2.16. The number of nitrogens with two attached hydrogens (primary N) is 2. The molecule has 1 unspecified atom stereocenters. The molecule has 0 heterocycles. The molecule has 0 saturated carbocycles. The molecule has 9 heteroatoms. The van der Waals surface area contributed by atoms with Crippen LogP contribution in [0.25, 0.3) is 0 Å². The second kappa shape index (κ2) is 8.59. The van der Waals surface area contributed by atoms with Crippen LogP contribution in [0.15, 0.2) is 0 Å². The highest BCUT2D eigenvalue weighted by Crippen LogP contribution is 2.16. The monoisotopic (exact) mass is 332 g/mol. The van der Waals surface area contributed by atoms with Gasteiger partial charge < -0.3 is 26.6 Å².